The second kappa shape index (κ2) is 10.8. The summed E-state index contributed by atoms with van der Waals surface area (Å²) in [6.07, 6.45) is -5.39. The maximum Gasteiger partial charge on any atom is 0.187 e. The normalized spacial score (nSPS) is 62.1. The summed E-state index contributed by atoms with van der Waals surface area (Å²) in [4.78, 5) is 0. The van der Waals surface area contributed by atoms with Crippen LogP contribution in [0.5, 0.6) is 0 Å². The van der Waals surface area contributed by atoms with Crippen molar-refractivity contribution < 1.29 is 54.7 Å². The van der Waals surface area contributed by atoms with E-state index in [1.165, 1.54) is 0 Å². The molecule has 11 heteroatoms. The number of hydrogen-bond donors (Lipinski definition) is 7. The van der Waals surface area contributed by atoms with Crippen molar-refractivity contribution in [2.24, 2.45) is 46.3 Å². The van der Waals surface area contributed by atoms with Crippen molar-refractivity contribution in [3.05, 3.63) is 0 Å². The molecule has 0 radical (unpaired) electrons. The molecular weight excluding hydrogens is 572 g/mol. The lowest BCUT2D eigenvalue weighted by Gasteiger charge is -2.68. The van der Waals surface area contributed by atoms with Gasteiger partial charge >= 0.3 is 0 Å². The van der Waals surface area contributed by atoms with Gasteiger partial charge in [-0.2, -0.15) is 0 Å². The highest BCUT2D eigenvalue weighted by Crippen LogP contribution is 2.72. The molecule has 19 unspecified atom stereocenters. The van der Waals surface area contributed by atoms with Crippen LogP contribution in [-0.2, 0) is 18.9 Å². The second-order valence-electron chi connectivity index (χ2n) is 16.2. The molecule has 7 aliphatic rings. The number of hydrogen-bond acceptors (Lipinski definition) is 11. The van der Waals surface area contributed by atoms with Gasteiger partial charge in [-0.3, -0.25) is 0 Å². The van der Waals surface area contributed by atoms with E-state index >= 15 is 0 Å². The molecular formula is C33H54O11. The van der Waals surface area contributed by atoms with E-state index in [-0.39, 0.29) is 35.7 Å². The van der Waals surface area contributed by atoms with Crippen LogP contribution in [-0.4, -0.2) is 115 Å². The summed E-state index contributed by atoms with van der Waals surface area (Å²) in [5.74, 6) is 1.21. The van der Waals surface area contributed by atoms with Gasteiger partial charge in [-0.15, -0.1) is 0 Å². The molecule has 0 aromatic rings. The monoisotopic (exact) mass is 626 g/mol. The van der Waals surface area contributed by atoms with Crippen molar-refractivity contribution in [1.82, 2.24) is 0 Å². The summed E-state index contributed by atoms with van der Waals surface area (Å²) >= 11 is 0. The fourth-order valence-electron chi connectivity index (χ4n) is 12.0. The van der Waals surface area contributed by atoms with Gasteiger partial charge in [0.05, 0.1) is 31.5 Å². The van der Waals surface area contributed by atoms with Crippen LogP contribution in [0.2, 0.25) is 0 Å². The van der Waals surface area contributed by atoms with E-state index in [1.807, 2.05) is 6.92 Å². The Labute approximate surface area is 259 Å². The zero-order valence-corrected chi connectivity index (χ0v) is 26.5. The van der Waals surface area contributed by atoms with E-state index in [0.717, 1.165) is 38.7 Å². The van der Waals surface area contributed by atoms with Crippen LogP contribution in [0.4, 0.5) is 0 Å². The smallest absolute Gasteiger partial charge is 0.187 e. The van der Waals surface area contributed by atoms with Crippen molar-refractivity contribution >= 4 is 0 Å². The number of fused-ring (bicyclic) bond motifs is 7. The molecule has 4 aliphatic carbocycles. The first kappa shape index (κ1) is 32.1. The van der Waals surface area contributed by atoms with Crippen LogP contribution in [0.15, 0.2) is 0 Å². The lowest BCUT2D eigenvalue weighted by Crippen LogP contribution is -2.76. The van der Waals surface area contributed by atoms with Crippen LogP contribution < -0.4 is 0 Å². The maximum atomic E-state index is 11.8. The molecule has 7 rings (SSSR count). The Morgan fingerprint density at radius 3 is 2.27 bits per heavy atom. The van der Waals surface area contributed by atoms with E-state index < -0.39 is 72.4 Å². The summed E-state index contributed by atoms with van der Waals surface area (Å²) in [5, 5.41) is 76.0. The predicted molar refractivity (Wildman–Crippen MR) is 155 cm³/mol. The predicted octanol–water partition coefficient (Wildman–Crippen LogP) is 0.675. The Morgan fingerprint density at radius 1 is 0.841 bits per heavy atom. The van der Waals surface area contributed by atoms with Gasteiger partial charge < -0.3 is 54.7 Å². The minimum Gasteiger partial charge on any atom is -0.394 e. The van der Waals surface area contributed by atoms with E-state index in [9.17, 15) is 35.7 Å². The molecule has 0 aromatic heterocycles. The van der Waals surface area contributed by atoms with Gasteiger partial charge in [-0.05, 0) is 73.5 Å². The molecule has 0 amide bonds. The molecule has 3 heterocycles. The maximum absolute atomic E-state index is 11.8. The SMILES string of the molecule is CC1CCC2(OC1)OC1CC3C4CCC5(OC6OC(CO)C(O)C(O)C6O)C(O)C(O)CC(O)C5(C)C4CCC3(C)C1C2C. The molecule has 3 saturated heterocycles. The third-order valence-electron chi connectivity index (χ3n) is 14.4. The molecule has 11 nitrogen and oxygen atoms in total. The summed E-state index contributed by atoms with van der Waals surface area (Å²) in [6, 6.07) is 0. The average molecular weight is 627 g/mol. The Hall–Kier alpha value is -0.440. The largest absolute Gasteiger partial charge is 0.394 e. The van der Waals surface area contributed by atoms with Gasteiger partial charge in [0.2, 0.25) is 0 Å². The lowest BCUT2D eigenvalue weighted by molar-refractivity contribution is -0.389. The number of aliphatic hydroxyl groups is 7. The highest BCUT2D eigenvalue weighted by Gasteiger charge is 2.74. The molecule has 7 N–H and O–H groups in total. The summed E-state index contributed by atoms with van der Waals surface area (Å²) < 4.78 is 25.6. The lowest BCUT2D eigenvalue weighted by atomic mass is 9.41. The highest BCUT2D eigenvalue weighted by molar-refractivity contribution is 5.22. The first-order valence-electron chi connectivity index (χ1n) is 17.1. The Morgan fingerprint density at radius 2 is 1.59 bits per heavy atom. The van der Waals surface area contributed by atoms with Crippen molar-refractivity contribution in [3.63, 3.8) is 0 Å². The number of ether oxygens (including phenoxy) is 4. The van der Waals surface area contributed by atoms with Gasteiger partial charge in [0, 0.05) is 24.2 Å². The zero-order valence-electron chi connectivity index (χ0n) is 26.5. The number of aliphatic hydroxyl groups excluding tert-OH is 7. The number of rotatable bonds is 3. The van der Waals surface area contributed by atoms with Crippen molar-refractivity contribution in [2.45, 2.75) is 146 Å². The van der Waals surface area contributed by atoms with Gasteiger partial charge in [0.1, 0.15) is 36.1 Å². The molecule has 4 saturated carbocycles. The molecule has 0 bridgehead atoms. The fourth-order valence-corrected chi connectivity index (χ4v) is 12.0. The van der Waals surface area contributed by atoms with Crippen molar-refractivity contribution in [2.75, 3.05) is 13.2 Å². The van der Waals surface area contributed by atoms with Crippen molar-refractivity contribution in [3.8, 4) is 0 Å². The summed E-state index contributed by atoms with van der Waals surface area (Å²) in [7, 11) is 0. The molecule has 252 valence electrons. The Bertz CT molecular complexity index is 1080. The molecule has 1 spiro atoms. The summed E-state index contributed by atoms with van der Waals surface area (Å²) in [5.41, 5.74) is -2.47. The Balaban J connectivity index is 1.19. The molecule has 0 aromatic carbocycles. The van der Waals surface area contributed by atoms with Crippen LogP contribution in [0, 0.1) is 46.3 Å². The molecule has 44 heavy (non-hydrogen) atoms. The van der Waals surface area contributed by atoms with E-state index in [1.54, 1.807) is 0 Å². The van der Waals surface area contributed by atoms with E-state index in [0.29, 0.717) is 30.6 Å². The topological polar surface area (TPSA) is 179 Å². The fraction of sp³-hybridized carbons (Fsp3) is 1.00. The third-order valence-corrected chi connectivity index (χ3v) is 14.4. The van der Waals surface area contributed by atoms with Gasteiger partial charge in [0.15, 0.2) is 12.1 Å². The van der Waals surface area contributed by atoms with Crippen LogP contribution >= 0.6 is 0 Å². The van der Waals surface area contributed by atoms with Gasteiger partial charge in [-0.1, -0.05) is 27.7 Å². The van der Waals surface area contributed by atoms with Gasteiger partial charge in [-0.25, -0.2) is 0 Å². The van der Waals surface area contributed by atoms with Crippen LogP contribution in [0.3, 0.4) is 0 Å². The van der Waals surface area contributed by atoms with Crippen molar-refractivity contribution in [1.29, 1.82) is 0 Å². The minimum atomic E-state index is -1.66. The first-order valence-corrected chi connectivity index (χ1v) is 17.1. The molecule has 3 aliphatic heterocycles. The highest BCUT2D eigenvalue weighted by atomic mass is 16.7. The van der Waals surface area contributed by atoms with Gasteiger partial charge in [0.25, 0.3) is 0 Å². The third kappa shape index (κ3) is 4.14. The van der Waals surface area contributed by atoms with Crippen LogP contribution in [0.1, 0.15) is 79.1 Å². The zero-order chi connectivity index (χ0) is 31.6. The van der Waals surface area contributed by atoms with E-state index in [2.05, 4.69) is 20.8 Å². The molecule has 7 fully saturated rings. The minimum absolute atomic E-state index is 0.00765. The second-order valence-corrected chi connectivity index (χ2v) is 16.2. The van der Waals surface area contributed by atoms with E-state index in [4.69, 9.17) is 18.9 Å². The van der Waals surface area contributed by atoms with Crippen LogP contribution in [0.25, 0.3) is 0 Å². The first-order chi connectivity index (χ1) is 20.7. The average Bonchev–Trinajstić information content (AvgIpc) is 3.44. The molecule has 19 atom stereocenters. The standard InChI is InChI=1S/C33H54O11/c1-15-5-10-33(41-14-15)16(2)24-21(43-33)11-19-17-6-9-32(44-29-27(39)26(38)25(37)22(13-34)42-29)28(40)20(35)12-23(36)31(32,4)18(17)7-8-30(19,24)3/h15-29,34-40H,5-14H2,1-4H3. The Kier molecular flexibility index (Phi) is 7.87. The summed E-state index contributed by atoms with van der Waals surface area (Å²) in [6.45, 7) is 9.03. The quantitative estimate of drug-likeness (QED) is 0.219.